The highest BCUT2D eigenvalue weighted by atomic mass is 13.9. The number of hydrogen-bond acceptors (Lipinski definition) is 0. The Labute approximate surface area is 96.5 Å². The van der Waals surface area contributed by atoms with Crippen LogP contribution in [0, 0.1) is 6.92 Å². The van der Waals surface area contributed by atoms with Crippen molar-refractivity contribution in [3.8, 4) is 0 Å². The predicted molar refractivity (Wildman–Crippen MR) is 70.9 cm³/mol. The van der Waals surface area contributed by atoms with Crippen LogP contribution in [0.3, 0.4) is 0 Å². The van der Waals surface area contributed by atoms with Gasteiger partial charge in [-0.1, -0.05) is 70.3 Å². The molecule has 0 aliphatic rings. The fourth-order valence-electron chi connectivity index (χ4n) is 1.52. The van der Waals surface area contributed by atoms with E-state index in [1.165, 1.54) is 38.5 Å². The Bertz CT molecular complexity index is 153. The maximum absolute atomic E-state index is 3.85. The number of allylic oxidation sites excluding steroid dienone is 4. The quantitative estimate of drug-likeness (QED) is 0.329. The lowest BCUT2D eigenvalue weighted by Crippen LogP contribution is -1.77. The van der Waals surface area contributed by atoms with Crippen LogP contribution < -0.4 is 0 Å². The van der Waals surface area contributed by atoms with E-state index < -0.39 is 0 Å². The summed E-state index contributed by atoms with van der Waals surface area (Å²) in [6, 6.07) is 0. The molecule has 15 heavy (non-hydrogen) atoms. The first-order valence-corrected chi connectivity index (χ1v) is 6.51. The van der Waals surface area contributed by atoms with E-state index in [1.807, 2.05) is 0 Å². The van der Waals surface area contributed by atoms with E-state index in [0.29, 0.717) is 0 Å². The topological polar surface area (TPSA) is 0 Å². The minimum atomic E-state index is 1.10. The van der Waals surface area contributed by atoms with Gasteiger partial charge in [-0.2, -0.15) is 0 Å². The van der Waals surface area contributed by atoms with Gasteiger partial charge in [0.1, 0.15) is 0 Å². The van der Waals surface area contributed by atoms with E-state index in [-0.39, 0.29) is 0 Å². The highest BCUT2D eigenvalue weighted by Gasteiger charge is 1.87. The molecule has 0 saturated heterocycles. The molecule has 0 atom stereocenters. The number of unbranched alkanes of at least 4 members (excludes halogenated alkanes) is 6. The summed E-state index contributed by atoms with van der Waals surface area (Å²) in [6.07, 6.45) is 20.5. The monoisotopic (exact) mass is 207 g/mol. The zero-order chi connectivity index (χ0) is 11.2. The summed E-state index contributed by atoms with van der Waals surface area (Å²) in [5, 5.41) is 0. The molecule has 0 N–H and O–H groups in total. The van der Waals surface area contributed by atoms with Gasteiger partial charge in [0.15, 0.2) is 0 Å². The number of hydrogen-bond donors (Lipinski definition) is 0. The van der Waals surface area contributed by atoms with Crippen molar-refractivity contribution in [2.45, 2.75) is 64.7 Å². The average molecular weight is 207 g/mol. The third kappa shape index (κ3) is 13.5. The van der Waals surface area contributed by atoms with Gasteiger partial charge < -0.3 is 0 Å². The van der Waals surface area contributed by atoms with Crippen molar-refractivity contribution in [1.82, 2.24) is 0 Å². The van der Waals surface area contributed by atoms with Crippen LogP contribution >= 0.6 is 0 Å². The van der Waals surface area contributed by atoms with Crippen LogP contribution in [0.1, 0.15) is 64.7 Å². The third-order valence-electron chi connectivity index (χ3n) is 2.46. The van der Waals surface area contributed by atoms with Crippen molar-refractivity contribution >= 4 is 0 Å². The smallest absolute Gasteiger partial charge is 0.0169 e. The van der Waals surface area contributed by atoms with Crippen LogP contribution in [0.25, 0.3) is 0 Å². The van der Waals surface area contributed by atoms with Crippen LogP contribution in [-0.4, -0.2) is 0 Å². The molecule has 0 rings (SSSR count). The summed E-state index contributed by atoms with van der Waals surface area (Å²) in [5.74, 6) is 0. The summed E-state index contributed by atoms with van der Waals surface area (Å²) in [6.45, 7) is 6.02. The molecular formula is C15H27. The van der Waals surface area contributed by atoms with Gasteiger partial charge in [0.25, 0.3) is 0 Å². The lowest BCUT2D eigenvalue weighted by Gasteiger charge is -1.97. The molecule has 0 aromatic carbocycles. The first-order chi connectivity index (χ1) is 7.41. The summed E-state index contributed by atoms with van der Waals surface area (Å²) < 4.78 is 0. The maximum Gasteiger partial charge on any atom is -0.0169 e. The van der Waals surface area contributed by atoms with Gasteiger partial charge in [-0.05, 0) is 25.7 Å². The van der Waals surface area contributed by atoms with Gasteiger partial charge in [0.2, 0.25) is 0 Å². The third-order valence-corrected chi connectivity index (χ3v) is 2.46. The van der Waals surface area contributed by atoms with E-state index in [2.05, 4.69) is 38.2 Å². The predicted octanol–water partition coefficient (Wildman–Crippen LogP) is 5.46. The van der Waals surface area contributed by atoms with Crippen LogP contribution in [0.5, 0.6) is 0 Å². The molecule has 0 spiro atoms. The molecular weight excluding hydrogens is 180 g/mol. The molecule has 0 fully saturated rings. The van der Waals surface area contributed by atoms with Gasteiger partial charge >= 0.3 is 0 Å². The highest BCUT2D eigenvalue weighted by molar-refractivity contribution is 4.92. The van der Waals surface area contributed by atoms with E-state index in [4.69, 9.17) is 0 Å². The Morgan fingerprint density at radius 2 is 1.47 bits per heavy atom. The molecule has 0 bridgehead atoms. The van der Waals surface area contributed by atoms with Gasteiger partial charge in [-0.3, -0.25) is 0 Å². The van der Waals surface area contributed by atoms with Crippen LogP contribution in [0.4, 0.5) is 0 Å². The Hall–Kier alpha value is -0.520. The molecule has 87 valence electrons. The second-order valence-electron chi connectivity index (χ2n) is 4.00. The largest absolute Gasteiger partial charge is 0.0885 e. The molecule has 0 aromatic rings. The van der Waals surface area contributed by atoms with Crippen molar-refractivity contribution in [3.63, 3.8) is 0 Å². The molecule has 0 unspecified atom stereocenters. The SMILES string of the molecule is [CH2]CCCCCCCC=CCC=CCC. The van der Waals surface area contributed by atoms with E-state index in [0.717, 1.165) is 19.3 Å². The summed E-state index contributed by atoms with van der Waals surface area (Å²) in [5.41, 5.74) is 0. The lowest BCUT2D eigenvalue weighted by atomic mass is 10.1. The van der Waals surface area contributed by atoms with Gasteiger partial charge in [-0.25, -0.2) is 0 Å². The van der Waals surface area contributed by atoms with Crippen molar-refractivity contribution in [2.75, 3.05) is 0 Å². The van der Waals surface area contributed by atoms with Crippen molar-refractivity contribution in [3.05, 3.63) is 31.2 Å². The van der Waals surface area contributed by atoms with Crippen molar-refractivity contribution in [1.29, 1.82) is 0 Å². The Morgan fingerprint density at radius 3 is 2.20 bits per heavy atom. The Morgan fingerprint density at radius 1 is 0.800 bits per heavy atom. The standard InChI is InChI=1S/C15H27/c1-3-5-7-9-11-13-15-14-12-10-8-6-4-2/h6,8,12,14H,1,3-5,7,9-11,13,15H2,2H3. The van der Waals surface area contributed by atoms with Gasteiger partial charge in [-0.15, -0.1) is 0 Å². The Balaban J connectivity index is 3.06. The first kappa shape index (κ1) is 14.5. The molecule has 0 heteroatoms. The second-order valence-corrected chi connectivity index (χ2v) is 4.00. The molecule has 0 heterocycles. The minimum Gasteiger partial charge on any atom is -0.0885 e. The molecule has 0 aliphatic heterocycles. The summed E-state index contributed by atoms with van der Waals surface area (Å²) >= 11 is 0. The summed E-state index contributed by atoms with van der Waals surface area (Å²) in [4.78, 5) is 0. The van der Waals surface area contributed by atoms with Crippen LogP contribution in [0.15, 0.2) is 24.3 Å². The average Bonchev–Trinajstić information content (AvgIpc) is 2.26. The normalized spacial score (nSPS) is 11.9. The molecule has 1 radical (unpaired) electrons. The molecule has 0 saturated carbocycles. The van der Waals surface area contributed by atoms with E-state index in [9.17, 15) is 0 Å². The van der Waals surface area contributed by atoms with Crippen LogP contribution in [0.2, 0.25) is 0 Å². The zero-order valence-electron chi connectivity index (χ0n) is 10.4. The fraction of sp³-hybridized carbons (Fsp3) is 0.667. The molecule has 0 amide bonds. The van der Waals surface area contributed by atoms with Crippen molar-refractivity contribution in [2.24, 2.45) is 0 Å². The minimum absolute atomic E-state index is 1.10. The first-order valence-electron chi connectivity index (χ1n) is 6.51. The number of rotatable bonds is 10. The van der Waals surface area contributed by atoms with E-state index in [1.54, 1.807) is 0 Å². The lowest BCUT2D eigenvalue weighted by molar-refractivity contribution is 0.621. The summed E-state index contributed by atoms with van der Waals surface area (Å²) in [7, 11) is 0. The van der Waals surface area contributed by atoms with Gasteiger partial charge in [0.05, 0.1) is 0 Å². The molecule has 0 nitrogen and oxygen atoms in total. The molecule has 0 aromatic heterocycles. The second kappa shape index (κ2) is 13.5. The van der Waals surface area contributed by atoms with E-state index >= 15 is 0 Å². The van der Waals surface area contributed by atoms with Gasteiger partial charge in [0, 0.05) is 0 Å². The van der Waals surface area contributed by atoms with Crippen molar-refractivity contribution < 1.29 is 0 Å². The maximum atomic E-state index is 3.85. The van der Waals surface area contributed by atoms with Crippen LogP contribution in [-0.2, 0) is 0 Å². The molecule has 0 aliphatic carbocycles. The Kier molecular flexibility index (Phi) is 13.0. The zero-order valence-corrected chi connectivity index (χ0v) is 10.4. The highest BCUT2D eigenvalue weighted by Crippen LogP contribution is 2.07. The fourth-order valence-corrected chi connectivity index (χ4v) is 1.52.